The molecule has 4 nitrogen and oxygen atoms in total. The molecule has 0 aliphatic heterocycles. The van der Waals surface area contributed by atoms with Gasteiger partial charge in [-0.15, -0.1) is 0 Å². The van der Waals surface area contributed by atoms with Crippen molar-refractivity contribution in [2.24, 2.45) is 5.92 Å². The van der Waals surface area contributed by atoms with E-state index >= 15 is 0 Å². The van der Waals surface area contributed by atoms with Gasteiger partial charge in [0.15, 0.2) is 9.84 Å². The standard InChI is InChI=1S/C13H18O4S/c1-2-11(8-9-13(14)15)10-18(16,17)12-6-4-3-5-7-12/h3-7,11H,2,8-10H2,1H3,(H,14,15)/t11-/m0/s1. The quantitative estimate of drug-likeness (QED) is 0.825. The third-order valence-corrected chi connectivity index (χ3v) is 4.80. The monoisotopic (exact) mass is 270 g/mol. The molecule has 1 atom stereocenters. The van der Waals surface area contributed by atoms with Gasteiger partial charge in [-0.1, -0.05) is 31.5 Å². The first kappa shape index (κ1) is 14.7. The van der Waals surface area contributed by atoms with Crippen molar-refractivity contribution in [1.82, 2.24) is 0 Å². The van der Waals surface area contributed by atoms with Crippen LogP contribution in [0.4, 0.5) is 0 Å². The van der Waals surface area contributed by atoms with Gasteiger partial charge in [0.2, 0.25) is 0 Å². The number of carboxylic acid groups (broad SMARTS) is 1. The van der Waals surface area contributed by atoms with E-state index in [9.17, 15) is 13.2 Å². The molecule has 1 aromatic rings. The van der Waals surface area contributed by atoms with E-state index in [1.165, 1.54) is 0 Å². The zero-order chi connectivity index (χ0) is 13.6. The second kappa shape index (κ2) is 6.54. The van der Waals surface area contributed by atoms with Crippen LogP contribution in [0.5, 0.6) is 0 Å². The van der Waals surface area contributed by atoms with E-state index in [0.29, 0.717) is 17.7 Å². The number of hydrogen-bond acceptors (Lipinski definition) is 3. The number of sulfone groups is 1. The van der Waals surface area contributed by atoms with Crippen molar-refractivity contribution < 1.29 is 18.3 Å². The highest BCUT2D eigenvalue weighted by atomic mass is 32.2. The Morgan fingerprint density at radius 3 is 2.39 bits per heavy atom. The molecule has 1 N–H and O–H groups in total. The van der Waals surface area contributed by atoms with Crippen molar-refractivity contribution in [2.75, 3.05) is 5.75 Å². The van der Waals surface area contributed by atoms with Gasteiger partial charge in [0.05, 0.1) is 10.6 Å². The molecule has 0 aliphatic carbocycles. The molecule has 0 spiro atoms. The minimum absolute atomic E-state index is 0.0147. The SMILES string of the molecule is CC[C@@H](CCC(=O)O)CS(=O)(=O)c1ccccc1. The maximum Gasteiger partial charge on any atom is 0.303 e. The molecule has 5 heteroatoms. The van der Waals surface area contributed by atoms with Gasteiger partial charge in [-0.25, -0.2) is 8.42 Å². The van der Waals surface area contributed by atoms with E-state index in [0.717, 1.165) is 0 Å². The fourth-order valence-electron chi connectivity index (χ4n) is 1.77. The average Bonchev–Trinajstić information content (AvgIpc) is 2.35. The highest BCUT2D eigenvalue weighted by Crippen LogP contribution is 2.19. The predicted octanol–water partition coefficient (Wildman–Crippen LogP) is 2.35. The second-order valence-electron chi connectivity index (χ2n) is 4.30. The van der Waals surface area contributed by atoms with E-state index in [1.54, 1.807) is 30.3 Å². The van der Waals surface area contributed by atoms with Crippen LogP contribution in [0.1, 0.15) is 26.2 Å². The molecule has 0 aliphatic rings. The predicted molar refractivity (Wildman–Crippen MR) is 69.1 cm³/mol. The van der Waals surface area contributed by atoms with Crippen LogP contribution in [0, 0.1) is 5.92 Å². The molecule has 1 aromatic carbocycles. The Morgan fingerprint density at radius 1 is 1.28 bits per heavy atom. The van der Waals surface area contributed by atoms with Crippen LogP contribution in [0.25, 0.3) is 0 Å². The zero-order valence-electron chi connectivity index (χ0n) is 10.4. The molecule has 0 bridgehead atoms. The maximum atomic E-state index is 12.1. The average molecular weight is 270 g/mol. The summed E-state index contributed by atoms with van der Waals surface area (Å²) in [4.78, 5) is 10.8. The molecule has 1 rings (SSSR count). The summed E-state index contributed by atoms with van der Waals surface area (Å²) in [6, 6.07) is 8.27. The van der Waals surface area contributed by atoms with Crippen molar-refractivity contribution in [3.05, 3.63) is 30.3 Å². The molecule has 0 aromatic heterocycles. The minimum Gasteiger partial charge on any atom is -0.481 e. The Labute approximate surface area is 108 Å². The molecule has 0 fully saturated rings. The molecule has 0 unspecified atom stereocenters. The summed E-state index contributed by atoms with van der Waals surface area (Å²) < 4.78 is 24.2. The van der Waals surface area contributed by atoms with E-state index < -0.39 is 15.8 Å². The van der Waals surface area contributed by atoms with Crippen LogP contribution in [0.3, 0.4) is 0 Å². The summed E-state index contributed by atoms with van der Waals surface area (Å²) in [6.07, 6.45) is 1.08. The van der Waals surface area contributed by atoms with Gasteiger partial charge >= 0.3 is 5.97 Å². The number of carboxylic acids is 1. The molecule has 0 amide bonds. The fraction of sp³-hybridized carbons (Fsp3) is 0.462. The van der Waals surface area contributed by atoms with E-state index in [1.807, 2.05) is 6.92 Å². The lowest BCUT2D eigenvalue weighted by Crippen LogP contribution is -2.17. The Hall–Kier alpha value is -1.36. The molecular weight excluding hydrogens is 252 g/mol. The largest absolute Gasteiger partial charge is 0.481 e. The molecule has 0 saturated heterocycles. The van der Waals surface area contributed by atoms with Crippen LogP contribution < -0.4 is 0 Å². The van der Waals surface area contributed by atoms with Crippen molar-refractivity contribution in [1.29, 1.82) is 0 Å². The Kier molecular flexibility index (Phi) is 5.34. The van der Waals surface area contributed by atoms with E-state index in [2.05, 4.69) is 0 Å². The van der Waals surface area contributed by atoms with Gasteiger partial charge in [0.1, 0.15) is 0 Å². The van der Waals surface area contributed by atoms with Gasteiger partial charge in [-0.3, -0.25) is 4.79 Å². The summed E-state index contributed by atoms with van der Waals surface area (Å²) in [5, 5.41) is 8.62. The third kappa shape index (κ3) is 4.49. The van der Waals surface area contributed by atoms with Gasteiger partial charge in [-0.2, -0.15) is 0 Å². The molecule has 0 saturated carbocycles. The first-order chi connectivity index (χ1) is 8.45. The highest BCUT2D eigenvalue weighted by molar-refractivity contribution is 7.91. The lowest BCUT2D eigenvalue weighted by atomic mass is 10.0. The number of aliphatic carboxylic acids is 1. The van der Waals surface area contributed by atoms with Crippen molar-refractivity contribution >= 4 is 15.8 Å². The molecule has 18 heavy (non-hydrogen) atoms. The number of carbonyl (C=O) groups is 1. The second-order valence-corrected chi connectivity index (χ2v) is 6.34. The van der Waals surface area contributed by atoms with Crippen LogP contribution in [0.2, 0.25) is 0 Å². The Bertz CT molecular complexity index is 479. The Balaban J connectivity index is 2.72. The summed E-state index contributed by atoms with van der Waals surface area (Å²) in [5.74, 6) is -0.974. The van der Waals surface area contributed by atoms with Crippen molar-refractivity contribution in [3.8, 4) is 0 Å². The summed E-state index contributed by atoms with van der Waals surface area (Å²) in [5.41, 5.74) is 0. The topological polar surface area (TPSA) is 71.4 Å². The molecule has 0 radical (unpaired) electrons. The van der Waals surface area contributed by atoms with Crippen molar-refractivity contribution in [3.63, 3.8) is 0 Å². The van der Waals surface area contributed by atoms with Crippen LogP contribution >= 0.6 is 0 Å². The summed E-state index contributed by atoms with van der Waals surface area (Å²) >= 11 is 0. The van der Waals surface area contributed by atoms with Gasteiger partial charge in [0.25, 0.3) is 0 Å². The smallest absolute Gasteiger partial charge is 0.303 e. The minimum atomic E-state index is -3.31. The highest BCUT2D eigenvalue weighted by Gasteiger charge is 2.20. The molecular formula is C13H18O4S. The lowest BCUT2D eigenvalue weighted by molar-refractivity contribution is -0.137. The summed E-state index contributed by atoms with van der Waals surface area (Å²) in [6.45, 7) is 1.88. The van der Waals surface area contributed by atoms with Gasteiger partial charge in [0, 0.05) is 6.42 Å². The Morgan fingerprint density at radius 2 is 1.89 bits per heavy atom. The zero-order valence-corrected chi connectivity index (χ0v) is 11.2. The number of benzene rings is 1. The van der Waals surface area contributed by atoms with Crippen LogP contribution in [0.15, 0.2) is 35.2 Å². The van der Waals surface area contributed by atoms with Crippen LogP contribution in [-0.2, 0) is 14.6 Å². The first-order valence-electron chi connectivity index (χ1n) is 5.95. The molecule has 0 heterocycles. The van der Waals surface area contributed by atoms with E-state index in [4.69, 9.17) is 5.11 Å². The van der Waals surface area contributed by atoms with E-state index in [-0.39, 0.29) is 18.1 Å². The van der Waals surface area contributed by atoms with Crippen molar-refractivity contribution in [2.45, 2.75) is 31.1 Å². The maximum absolute atomic E-state index is 12.1. The first-order valence-corrected chi connectivity index (χ1v) is 7.60. The summed E-state index contributed by atoms with van der Waals surface area (Å²) in [7, 11) is -3.31. The number of hydrogen-bond donors (Lipinski definition) is 1. The van der Waals surface area contributed by atoms with Gasteiger partial charge < -0.3 is 5.11 Å². The van der Waals surface area contributed by atoms with Crippen LogP contribution in [-0.4, -0.2) is 25.2 Å². The van der Waals surface area contributed by atoms with Gasteiger partial charge in [-0.05, 0) is 24.5 Å². The fourth-order valence-corrected chi connectivity index (χ4v) is 3.55. The molecule has 100 valence electrons. The third-order valence-electron chi connectivity index (χ3n) is 2.90. The number of rotatable bonds is 7. The normalized spacial score (nSPS) is 13.2. The lowest BCUT2D eigenvalue weighted by Gasteiger charge is -2.13.